The molecule has 0 aliphatic carbocycles. The van der Waals surface area contributed by atoms with Gasteiger partial charge in [-0.05, 0) is 43.7 Å². The third kappa shape index (κ3) is 6.60. The number of ketones is 1. The molecule has 0 unspecified atom stereocenters. The van der Waals surface area contributed by atoms with Crippen molar-refractivity contribution < 1.29 is 28.6 Å². The second-order valence-electron chi connectivity index (χ2n) is 6.37. The summed E-state index contributed by atoms with van der Waals surface area (Å²) >= 11 is 1.39. The van der Waals surface area contributed by atoms with Crippen molar-refractivity contribution in [2.24, 2.45) is 0 Å². The summed E-state index contributed by atoms with van der Waals surface area (Å²) in [5.41, 5.74) is 0.811. The van der Waals surface area contributed by atoms with E-state index in [2.05, 4.69) is 5.32 Å². The van der Waals surface area contributed by atoms with Crippen molar-refractivity contribution in [1.82, 2.24) is 5.32 Å². The molecule has 7 nitrogen and oxygen atoms in total. The van der Waals surface area contributed by atoms with Gasteiger partial charge in [-0.25, -0.2) is 0 Å². The van der Waals surface area contributed by atoms with Crippen LogP contribution in [0.25, 0.3) is 0 Å². The van der Waals surface area contributed by atoms with Gasteiger partial charge in [-0.2, -0.15) is 0 Å². The van der Waals surface area contributed by atoms with Crippen LogP contribution in [0.1, 0.15) is 39.9 Å². The summed E-state index contributed by atoms with van der Waals surface area (Å²) < 4.78 is 15.5. The molecule has 0 saturated heterocycles. The predicted octanol–water partition coefficient (Wildman–Crippen LogP) is 3.28. The minimum atomic E-state index is -0.957. The number of benzene rings is 1. The smallest absolute Gasteiger partial charge is 0.307 e. The Hall–Kier alpha value is -2.87. The first kappa shape index (κ1) is 22.4. The van der Waals surface area contributed by atoms with Gasteiger partial charge in [-0.3, -0.25) is 14.4 Å². The molecule has 0 fully saturated rings. The first-order chi connectivity index (χ1) is 13.8. The molecule has 8 heteroatoms. The maximum atomic E-state index is 12.2. The van der Waals surface area contributed by atoms with E-state index in [1.165, 1.54) is 25.4 Å². The van der Waals surface area contributed by atoms with Crippen molar-refractivity contribution in [3.63, 3.8) is 0 Å². The van der Waals surface area contributed by atoms with Crippen LogP contribution in [-0.4, -0.2) is 38.0 Å². The third-order valence-corrected chi connectivity index (χ3v) is 5.21. The van der Waals surface area contributed by atoms with Gasteiger partial charge in [0, 0.05) is 17.8 Å². The molecular formula is C21H25NO6S. The van der Waals surface area contributed by atoms with Crippen LogP contribution in [0.3, 0.4) is 0 Å². The summed E-state index contributed by atoms with van der Waals surface area (Å²) in [6.45, 7) is 3.65. The van der Waals surface area contributed by atoms with Crippen molar-refractivity contribution in [3.05, 3.63) is 45.6 Å². The minimum Gasteiger partial charge on any atom is -0.493 e. The standard InChI is InChI=1S/C21H25NO6S/c1-13-5-9-19(29-13)16(23)7-10-20(24)28-14(2)21(25)22-12-15-6-8-17(26-3)18(11-15)27-4/h5-6,8-9,11,14H,7,10,12H2,1-4H3,(H,22,25)/t14-/m0/s1. The van der Waals surface area contributed by atoms with Gasteiger partial charge in [0.1, 0.15) is 0 Å². The molecule has 0 saturated carbocycles. The Morgan fingerprint density at radius 3 is 2.38 bits per heavy atom. The fraction of sp³-hybridized carbons (Fsp3) is 0.381. The Balaban J connectivity index is 1.78. The van der Waals surface area contributed by atoms with E-state index in [0.29, 0.717) is 16.4 Å². The largest absolute Gasteiger partial charge is 0.493 e. The van der Waals surface area contributed by atoms with Gasteiger partial charge in [-0.15, -0.1) is 11.3 Å². The molecule has 1 heterocycles. The van der Waals surface area contributed by atoms with Crippen LogP contribution in [0, 0.1) is 6.92 Å². The molecule has 29 heavy (non-hydrogen) atoms. The van der Waals surface area contributed by atoms with Gasteiger partial charge in [0.2, 0.25) is 0 Å². The summed E-state index contributed by atoms with van der Waals surface area (Å²) in [6.07, 6.45) is -0.969. The molecule has 0 bridgehead atoms. The maximum Gasteiger partial charge on any atom is 0.307 e. The van der Waals surface area contributed by atoms with Crippen LogP contribution in [0.4, 0.5) is 0 Å². The number of nitrogens with one attached hydrogen (secondary N) is 1. The number of ether oxygens (including phenoxy) is 3. The van der Waals surface area contributed by atoms with Gasteiger partial charge in [0.25, 0.3) is 5.91 Å². The summed E-state index contributed by atoms with van der Waals surface area (Å²) in [4.78, 5) is 37.8. The molecule has 1 aromatic heterocycles. The minimum absolute atomic E-state index is 0.0543. The zero-order chi connectivity index (χ0) is 21.4. The highest BCUT2D eigenvalue weighted by atomic mass is 32.1. The zero-order valence-corrected chi connectivity index (χ0v) is 17.8. The molecule has 1 amide bonds. The Labute approximate surface area is 174 Å². The fourth-order valence-electron chi connectivity index (χ4n) is 2.56. The van der Waals surface area contributed by atoms with E-state index >= 15 is 0 Å². The maximum absolute atomic E-state index is 12.2. The molecule has 1 N–H and O–H groups in total. The van der Waals surface area contributed by atoms with Crippen molar-refractivity contribution in [2.45, 2.75) is 39.3 Å². The van der Waals surface area contributed by atoms with E-state index in [4.69, 9.17) is 14.2 Å². The van der Waals surface area contributed by atoms with Gasteiger partial charge in [-0.1, -0.05) is 6.07 Å². The molecule has 2 rings (SSSR count). The quantitative estimate of drug-likeness (QED) is 0.469. The second kappa shape index (κ2) is 10.6. The number of esters is 1. The first-order valence-corrected chi connectivity index (χ1v) is 9.93. The Morgan fingerprint density at radius 2 is 1.76 bits per heavy atom. The number of carbonyl (C=O) groups is 3. The highest BCUT2D eigenvalue weighted by molar-refractivity contribution is 7.14. The summed E-state index contributed by atoms with van der Waals surface area (Å²) in [7, 11) is 3.08. The number of methoxy groups -OCH3 is 2. The zero-order valence-electron chi connectivity index (χ0n) is 16.9. The van der Waals surface area contributed by atoms with E-state index in [-0.39, 0.29) is 25.2 Å². The van der Waals surface area contributed by atoms with E-state index in [1.807, 2.05) is 13.0 Å². The molecule has 0 aliphatic heterocycles. The second-order valence-corrected chi connectivity index (χ2v) is 7.66. The normalized spacial score (nSPS) is 11.4. The first-order valence-electron chi connectivity index (χ1n) is 9.11. The lowest BCUT2D eigenvalue weighted by molar-refractivity contribution is -0.154. The van der Waals surface area contributed by atoms with Crippen LogP contribution < -0.4 is 14.8 Å². The highest BCUT2D eigenvalue weighted by Crippen LogP contribution is 2.27. The third-order valence-electron chi connectivity index (χ3n) is 4.16. The number of carbonyl (C=O) groups excluding carboxylic acids is 3. The average Bonchev–Trinajstić information content (AvgIpc) is 3.16. The van der Waals surface area contributed by atoms with Crippen LogP contribution in [-0.2, 0) is 20.9 Å². The molecule has 0 spiro atoms. The molecule has 1 atom stereocenters. The predicted molar refractivity (Wildman–Crippen MR) is 110 cm³/mol. The molecule has 156 valence electrons. The van der Waals surface area contributed by atoms with E-state index in [1.54, 1.807) is 31.4 Å². The Morgan fingerprint density at radius 1 is 1.03 bits per heavy atom. The monoisotopic (exact) mass is 419 g/mol. The lowest BCUT2D eigenvalue weighted by atomic mass is 10.2. The summed E-state index contributed by atoms with van der Waals surface area (Å²) in [6, 6.07) is 8.92. The van der Waals surface area contributed by atoms with Crippen molar-refractivity contribution in [3.8, 4) is 11.5 Å². The number of hydrogen-bond acceptors (Lipinski definition) is 7. The van der Waals surface area contributed by atoms with Gasteiger partial charge >= 0.3 is 5.97 Å². The Kier molecular flexibility index (Phi) is 8.21. The summed E-state index contributed by atoms with van der Waals surface area (Å²) in [5, 5.41) is 2.71. The van der Waals surface area contributed by atoms with Crippen molar-refractivity contribution >= 4 is 29.0 Å². The summed E-state index contributed by atoms with van der Waals surface area (Å²) in [5.74, 6) is 0.0424. The molecular weight excluding hydrogens is 394 g/mol. The molecule has 0 aliphatic rings. The van der Waals surface area contributed by atoms with Crippen molar-refractivity contribution in [2.75, 3.05) is 14.2 Å². The molecule has 2 aromatic rings. The number of amides is 1. The van der Waals surface area contributed by atoms with E-state index in [0.717, 1.165) is 10.4 Å². The van der Waals surface area contributed by atoms with Crippen LogP contribution in [0.5, 0.6) is 11.5 Å². The topological polar surface area (TPSA) is 90.9 Å². The van der Waals surface area contributed by atoms with Crippen LogP contribution in [0.15, 0.2) is 30.3 Å². The number of rotatable bonds is 10. The van der Waals surface area contributed by atoms with Crippen LogP contribution in [0.2, 0.25) is 0 Å². The Bertz CT molecular complexity index is 876. The number of aryl methyl sites for hydroxylation is 1. The van der Waals surface area contributed by atoms with Gasteiger partial charge < -0.3 is 19.5 Å². The number of hydrogen-bond donors (Lipinski definition) is 1. The highest BCUT2D eigenvalue weighted by Gasteiger charge is 2.19. The molecule has 0 radical (unpaired) electrons. The van der Waals surface area contributed by atoms with Crippen molar-refractivity contribution in [1.29, 1.82) is 0 Å². The van der Waals surface area contributed by atoms with Gasteiger partial charge in [0.15, 0.2) is 23.4 Å². The van der Waals surface area contributed by atoms with Crippen LogP contribution >= 0.6 is 11.3 Å². The van der Waals surface area contributed by atoms with Gasteiger partial charge in [0.05, 0.1) is 25.5 Å². The lowest BCUT2D eigenvalue weighted by Crippen LogP contribution is -2.35. The van der Waals surface area contributed by atoms with E-state index in [9.17, 15) is 14.4 Å². The average molecular weight is 419 g/mol. The lowest BCUT2D eigenvalue weighted by Gasteiger charge is -2.14. The van der Waals surface area contributed by atoms with E-state index < -0.39 is 18.0 Å². The number of thiophene rings is 1. The SMILES string of the molecule is COc1ccc(CNC(=O)[C@H](C)OC(=O)CCC(=O)c2ccc(C)s2)cc1OC. The fourth-order valence-corrected chi connectivity index (χ4v) is 3.39. The number of Topliss-reactive ketones (excluding diaryl/α,β-unsaturated/α-hetero) is 1. The molecule has 1 aromatic carbocycles.